The summed E-state index contributed by atoms with van der Waals surface area (Å²) in [4.78, 5) is 18.0. The Hall–Kier alpha value is -3.13. The number of carbonyl (C=O) groups excluding carboxylic acids is 1. The number of para-hydroxylation sites is 2. The van der Waals surface area contributed by atoms with Crippen LogP contribution in [0.1, 0.15) is 29.0 Å². The smallest absolute Gasteiger partial charge is 0.255 e. The van der Waals surface area contributed by atoms with Crippen molar-refractivity contribution in [2.24, 2.45) is 0 Å². The van der Waals surface area contributed by atoms with Crippen LogP contribution in [0.3, 0.4) is 0 Å². The summed E-state index contributed by atoms with van der Waals surface area (Å²) in [6.07, 6.45) is 7.10. The van der Waals surface area contributed by atoms with Crippen LogP contribution >= 0.6 is 11.3 Å². The molecule has 0 saturated carbocycles. The summed E-state index contributed by atoms with van der Waals surface area (Å²) in [5.74, 6) is 0.490. The number of thiazole rings is 1. The molecule has 7 nitrogen and oxygen atoms in total. The van der Waals surface area contributed by atoms with E-state index in [4.69, 9.17) is 4.74 Å². The zero-order chi connectivity index (χ0) is 18.1. The molecule has 0 radical (unpaired) electrons. The van der Waals surface area contributed by atoms with Gasteiger partial charge in [0, 0.05) is 24.0 Å². The molecule has 0 aliphatic heterocycles. The van der Waals surface area contributed by atoms with Gasteiger partial charge >= 0.3 is 0 Å². The Balaban J connectivity index is 1.52. The van der Waals surface area contributed by atoms with Crippen LogP contribution in [-0.4, -0.2) is 32.2 Å². The van der Waals surface area contributed by atoms with Gasteiger partial charge in [-0.25, -0.2) is 9.67 Å². The molecule has 0 spiro atoms. The average Bonchev–Trinajstić information content (AvgIpc) is 3.37. The molecule has 0 aliphatic carbocycles. The molecule has 8 heteroatoms. The fourth-order valence-corrected chi connectivity index (χ4v) is 3.41. The number of rotatable bonds is 5. The lowest BCUT2D eigenvalue weighted by atomic mass is 10.2. The van der Waals surface area contributed by atoms with Crippen LogP contribution in [0.2, 0.25) is 0 Å². The SMILES string of the molecule is COc1ccccc1-n1cc(C(=O)NC(C)c2cn3ccsc3n2)cn1. The number of hydrogen-bond donors (Lipinski definition) is 1. The van der Waals surface area contributed by atoms with Crippen LogP contribution in [0.15, 0.2) is 54.4 Å². The van der Waals surface area contributed by atoms with E-state index in [9.17, 15) is 4.79 Å². The summed E-state index contributed by atoms with van der Waals surface area (Å²) in [5, 5.41) is 9.22. The molecule has 1 unspecified atom stereocenters. The van der Waals surface area contributed by atoms with E-state index < -0.39 is 0 Å². The van der Waals surface area contributed by atoms with Crippen molar-refractivity contribution in [3.63, 3.8) is 0 Å². The lowest BCUT2D eigenvalue weighted by Gasteiger charge is -2.10. The Bertz CT molecular complexity index is 1040. The van der Waals surface area contributed by atoms with E-state index in [-0.39, 0.29) is 11.9 Å². The molecular weight excluding hydrogens is 350 g/mol. The van der Waals surface area contributed by atoms with Gasteiger partial charge in [-0.2, -0.15) is 5.10 Å². The summed E-state index contributed by atoms with van der Waals surface area (Å²) in [6, 6.07) is 7.31. The van der Waals surface area contributed by atoms with Crippen molar-refractivity contribution in [3.05, 3.63) is 65.7 Å². The Labute approximate surface area is 153 Å². The van der Waals surface area contributed by atoms with Gasteiger partial charge in [0.2, 0.25) is 0 Å². The van der Waals surface area contributed by atoms with Gasteiger partial charge in [0.25, 0.3) is 5.91 Å². The van der Waals surface area contributed by atoms with Gasteiger partial charge in [-0.05, 0) is 19.1 Å². The highest BCUT2D eigenvalue weighted by Gasteiger charge is 2.17. The maximum absolute atomic E-state index is 12.6. The van der Waals surface area contributed by atoms with Crippen molar-refractivity contribution in [3.8, 4) is 11.4 Å². The van der Waals surface area contributed by atoms with Gasteiger partial charge in [-0.1, -0.05) is 12.1 Å². The van der Waals surface area contributed by atoms with Crippen LogP contribution in [0, 0.1) is 0 Å². The number of methoxy groups -OCH3 is 1. The highest BCUT2D eigenvalue weighted by atomic mass is 32.1. The highest BCUT2D eigenvalue weighted by molar-refractivity contribution is 7.15. The highest BCUT2D eigenvalue weighted by Crippen LogP contribution is 2.22. The van der Waals surface area contributed by atoms with Crippen molar-refractivity contribution >= 4 is 22.2 Å². The molecule has 0 fully saturated rings. The van der Waals surface area contributed by atoms with Gasteiger partial charge in [-0.15, -0.1) is 11.3 Å². The first kappa shape index (κ1) is 16.3. The molecule has 1 N–H and O–H groups in total. The number of benzene rings is 1. The number of nitrogens with one attached hydrogen (secondary N) is 1. The largest absolute Gasteiger partial charge is 0.494 e. The fourth-order valence-electron chi connectivity index (χ4n) is 2.70. The molecule has 3 aromatic heterocycles. The number of fused-ring (bicyclic) bond motifs is 1. The zero-order valence-electron chi connectivity index (χ0n) is 14.3. The van der Waals surface area contributed by atoms with E-state index in [1.807, 2.05) is 53.4 Å². The molecule has 1 aromatic carbocycles. The van der Waals surface area contributed by atoms with Gasteiger partial charge in [0.15, 0.2) is 4.96 Å². The maximum atomic E-state index is 12.6. The average molecular weight is 367 g/mol. The molecule has 4 aromatic rings. The number of amides is 1. The van der Waals surface area contributed by atoms with Crippen LogP contribution in [0.5, 0.6) is 5.75 Å². The quantitative estimate of drug-likeness (QED) is 0.588. The molecule has 26 heavy (non-hydrogen) atoms. The second-order valence-corrected chi connectivity index (χ2v) is 6.67. The third-order valence-electron chi connectivity index (χ3n) is 4.08. The normalized spacial score (nSPS) is 12.2. The Morgan fingerprint density at radius 1 is 1.31 bits per heavy atom. The maximum Gasteiger partial charge on any atom is 0.255 e. The van der Waals surface area contributed by atoms with Gasteiger partial charge in [-0.3, -0.25) is 9.20 Å². The first-order chi connectivity index (χ1) is 12.7. The summed E-state index contributed by atoms with van der Waals surface area (Å²) in [7, 11) is 1.60. The fraction of sp³-hybridized carbons (Fsp3) is 0.167. The summed E-state index contributed by atoms with van der Waals surface area (Å²) >= 11 is 1.56. The zero-order valence-corrected chi connectivity index (χ0v) is 15.1. The predicted octanol–water partition coefficient (Wildman–Crippen LogP) is 3.08. The van der Waals surface area contributed by atoms with Gasteiger partial charge in [0.05, 0.1) is 30.6 Å². The minimum absolute atomic E-state index is 0.199. The van der Waals surface area contributed by atoms with Crippen molar-refractivity contribution in [2.75, 3.05) is 7.11 Å². The molecule has 0 bridgehead atoms. The monoisotopic (exact) mass is 367 g/mol. The number of imidazole rings is 1. The molecule has 132 valence electrons. The van der Waals surface area contributed by atoms with E-state index in [0.29, 0.717) is 11.3 Å². The number of nitrogens with zero attached hydrogens (tertiary/aromatic N) is 4. The summed E-state index contributed by atoms with van der Waals surface area (Å²) in [5.41, 5.74) is 2.07. The van der Waals surface area contributed by atoms with Crippen LogP contribution in [0.4, 0.5) is 0 Å². The van der Waals surface area contributed by atoms with Gasteiger partial charge < -0.3 is 10.1 Å². The van der Waals surface area contributed by atoms with E-state index in [2.05, 4.69) is 15.4 Å². The molecule has 1 amide bonds. The first-order valence-corrected chi connectivity index (χ1v) is 8.94. The topological polar surface area (TPSA) is 73.5 Å². The molecule has 1 atom stereocenters. The molecule has 0 aliphatic rings. The predicted molar refractivity (Wildman–Crippen MR) is 99.1 cm³/mol. The first-order valence-electron chi connectivity index (χ1n) is 8.06. The van der Waals surface area contributed by atoms with Crippen molar-refractivity contribution in [1.29, 1.82) is 0 Å². The van der Waals surface area contributed by atoms with Crippen LogP contribution in [0.25, 0.3) is 10.6 Å². The van der Waals surface area contributed by atoms with E-state index in [1.165, 1.54) is 0 Å². The lowest BCUT2D eigenvalue weighted by molar-refractivity contribution is 0.0939. The Kier molecular flexibility index (Phi) is 4.18. The van der Waals surface area contributed by atoms with Crippen LogP contribution in [-0.2, 0) is 0 Å². The molecule has 3 heterocycles. The number of hydrogen-bond acceptors (Lipinski definition) is 5. The summed E-state index contributed by atoms with van der Waals surface area (Å²) in [6.45, 7) is 1.91. The molecule has 4 rings (SSSR count). The third kappa shape index (κ3) is 2.95. The minimum Gasteiger partial charge on any atom is -0.494 e. The van der Waals surface area contributed by atoms with Crippen molar-refractivity contribution < 1.29 is 9.53 Å². The summed E-state index contributed by atoms with van der Waals surface area (Å²) < 4.78 is 8.92. The number of aromatic nitrogens is 4. The Morgan fingerprint density at radius 2 is 2.15 bits per heavy atom. The van der Waals surface area contributed by atoms with E-state index in [1.54, 1.807) is 35.5 Å². The lowest BCUT2D eigenvalue weighted by Crippen LogP contribution is -2.26. The minimum atomic E-state index is -0.204. The number of ether oxygens (including phenoxy) is 1. The van der Waals surface area contributed by atoms with Crippen molar-refractivity contribution in [2.45, 2.75) is 13.0 Å². The van der Waals surface area contributed by atoms with Crippen molar-refractivity contribution in [1.82, 2.24) is 24.5 Å². The Morgan fingerprint density at radius 3 is 2.96 bits per heavy atom. The standard InChI is InChI=1S/C18H17N5O2S/c1-12(14-11-22-7-8-26-18(22)21-14)20-17(24)13-9-19-23(10-13)15-5-3-4-6-16(15)25-2/h3-12H,1-2H3,(H,20,24). The van der Waals surface area contributed by atoms with Gasteiger partial charge in [0.1, 0.15) is 11.4 Å². The number of carbonyl (C=O) groups is 1. The third-order valence-corrected chi connectivity index (χ3v) is 4.85. The molecule has 0 saturated heterocycles. The van der Waals surface area contributed by atoms with E-state index >= 15 is 0 Å². The second kappa shape index (κ2) is 6.64. The second-order valence-electron chi connectivity index (χ2n) is 5.80. The van der Waals surface area contributed by atoms with E-state index in [0.717, 1.165) is 16.3 Å². The van der Waals surface area contributed by atoms with Crippen LogP contribution < -0.4 is 10.1 Å². The molecular formula is C18H17N5O2S.